The smallest absolute Gasteiger partial charge is 0.225 e. The first-order valence-electron chi connectivity index (χ1n) is 7.38. The fraction of sp³-hybridized carbons (Fsp3) is 0.500. The molecule has 0 spiro atoms. The van der Waals surface area contributed by atoms with Gasteiger partial charge in [0.1, 0.15) is 12.1 Å². The lowest BCUT2D eigenvalue weighted by molar-refractivity contribution is -0.127. The summed E-state index contributed by atoms with van der Waals surface area (Å²) in [6, 6.07) is 2.33. The van der Waals surface area contributed by atoms with E-state index in [1.165, 1.54) is 0 Å². The number of fused-ring (bicyclic) bond motifs is 1. The van der Waals surface area contributed by atoms with Crippen molar-refractivity contribution in [2.75, 3.05) is 11.9 Å². The lowest BCUT2D eigenvalue weighted by Crippen LogP contribution is -2.45. The molecule has 2 unspecified atom stereocenters. The molecule has 2 aromatic rings. The Kier molecular flexibility index (Phi) is 5.07. The van der Waals surface area contributed by atoms with Crippen LogP contribution in [0, 0.1) is 5.92 Å². The molecule has 0 bridgehead atoms. The van der Waals surface area contributed by atoms with Crippen LogP contribution >= 0.6 is 30.3 Å². The standard InChI is InChI=1S/C14H18IN5OS/c1-2-10-4-3-9(14(21)19-10)7-16-12-11-5-6-20(22-15)13(11)18-8-17-12/h5-6,8-10H,2-4,7H2,1H3,(H,19,21)(H,16,17,18). The molecule has 0 aliphatic carbocycles. The Morgan fingerprint density at radius 1 is 1.50 bits per heavy atom. The normalized spacial score (nSPS) is 21.8. The quantitative estimate of drug-likeness (QED) is 0.713. The zero-order chi connectivity index (χ0) is 15.5. The van der Waals surface area contributed by atoms with Gasteiger partial charge in [-0.05, 0) is 25.3 Å². The van der Waals surface area contributed by atoms with Gasteiger partial charge in [-0.3, -0.25) is 8.77 Å². The summed E-state index contributed by atoms with van der Waals surface area (Å²) in [4.78, 5) is 20.7. The Morgan fingerprint density at radius 3 is 3.09 bits per heavy atom. The zero-order valence-corrected chi connectivity index (χ0v) is 15.2. The summed E-state index contributed by atoms with van der Waals surface area (Å²) in [5.41, 5.74) is 0.885. The largest absolute Gasteiger partial charge is 0.369 e. The molecule has 1 saturated heterocycles. The van der Waals surface area contributed by atoms with Crippen molar-refractivity contribution in [3.05, 3.63) is 18.6 Å². The molecular formula is C14H18IN5OS. The number of nitrogens with zero attached hydrogens (tertiary/aromatic N) is 3. The number of anilines is 1. The third-order valence-corrected chi connectivity index (χ3v) is 5.83. The molecule has 0 saturated carbocycles. The molecule has 1 aliphatic heterocycles. The summed E-state index contributed by atoms with van der Waals surface area (Å²) < 4.78 is 1.99. The minimum atomic E-state index is 0.00820. The summed E-state index contributed by atoms with van der Waals surface area (Å²) in [5, 5.41) is 7.38. The zero-order valence-electron chi connectivity index (χ0n) is 12.3. The average molecular weight is 431 g/mol. The molecule has 22 heavy (non-hydrogen) atoms. The molecule has 1 fully saturated rings. The van der Waals surface area contributed by atoms with Gasteiger partial charge >= 0.3 is 0 Å². The van der Waals surface area contributed by atoms with Gasteiger partial charge in [0, 0.05) is 49.1 Å². The van der Waals surface area contributed by atoms with E-state index >= 15 is 0 Å². The van der Waals surface area contributed by atoms with E-state index in [4.69, 9.17) is 0 Å². The maximum Gasteiger partial charge on any atom is 0.225 e. The van der Waals surface area contributed by atoms with E-state index in [-0.39, 0.29) is 11.8 Å². The molecule has 3 rings (SSSR count). The fourth-order valence-corrected chi connectivity index (χ4v) is 4.04. The first kappa shape index (κ1) is 15.9. The van der Waals surface area contributed by atoms with Crippen LogP contribution in [0.5, 0.6) is 0 Å². The SMILES string of the molecule is CCC1CCC(CNc2ncnc3c2ccn3SI)C(=O)N1. The van der Waals surface area contributed by atoms with Crippen molar-refractivity contribution < 1.29 is 4.79 Å². The number of carbonyl (C=O) groups is 1. The van der Waals surface area contributed by atoms with Gasteiger partial charge < -0.3 is 10.6 Å². The lowest BCUT2D eigenvalue weighted by Gasteiger charge is -2.28. The van der Waals surface area contributed by atoms with Crippen molar-refractivity contribution in [1.82, 2.24) is 19.3 Å². The molecule has 118 valence electrons. The number of nitrogens with one attached hydrogen (secondary N) is 2. The molecule has 3 heterocycles. The highest BCUT2D eigenvalue weighted by Gasteiger charge is 2.26. The molecular weight excluding hydrogens is 413 g/mol. The molecule has 0 radical (unpaired) electrons. The van der Waals surface area contributed by atoms with Crippen molar-refractivity contribution in [2.45, 2.75) is 32.2 Å². The highest BCUT2D eigenvalue weighted by molar-refractivity contribution is 14.2. The summed E-state index contributed by atoms with van der Waals surface area (Å²) in [6.07, 6.45) is 6.51. The third-order valence-electron chi connectivity index (χ3n) is 4.11. The van der Waals surface area contributed by atoms with Crippen LogP contribution in [-0.4, -0.2) is 32.4 Å². The number of amides is 1. The number of aromatic nitrogens is 3. The molecule has 8 heteroatoms. The lowest BCUT2D eigenvalue weighted by atomic mass is 9.93. The van der Waals surface area contributed by atoms with Crippen LogP contribution in [0.25, 0.3) is 11.0 Å². The van der Waals surface area contributed by atoms with Crippen LogP contribution < -0.4 is 10.6 Å². The summed E-state index contributed by atoms with van der Waals surface area (Å²) in [5.74, 6) is 0.949. The minimum absolute atomic E-state index is 0.00820. The summed E-state index contributed by atoms with van der Waals surface area (Å²) in [7, 11) is 1.57. The Labute approximate surface area is 145 Å². The Balaban J connectivity index is 1.69. The molecule has 0 aromatic carbocycles. The highest BCUT2D eigenvalue weighted by Crippen LogP contribution is 2.27. The molecule has 1 aliphatic rings. The maximum absolute atomic E-state index is 12.1. The van der Waals surface area contributed by atoms with E-state index in [1.54, 1.807) is 15.4 Å². The van der Waals surface area contributed by atoms with Crippen molar-refractivity contribution in [3.8, 4) is 0 Å². The topological polar surface area (TPSA) is 71.8 Å². The summed E-state index contributed by atoms with van der Waals surface area (Å²) in [6.45, 7) is 2.72. The Hall–Kier alpha value is -1.03. The molecule has 1 amide bonds. The summed E-state index contributed by atoms with van der Waals surface area (Å²) >= 11 is 2.22. The van der Waals surface area contributed by atoms with Crippen molar-refractivity contribution in [3.63, 3.8) is 0 Å². The van der Waals surface area contributed by atoms with Crippen LogP contribution in [0.1, 0.15) is 26.2 Å². The fourth-order valence-electron chi connectivity index (χ4n) is 2.77. The van der Waals surface area contributed by atoms with Crippen molar-refractivity contribution in [2.24, 2.45) is 5.92 Å². The predicted molar refractivity (Wildman–Crippen MR) is 98.0 cm³/mol. The van der Waals surface area contributed by atoms with E-state index in [2.05, 4.69) is 48.7 Å². The van der Waals surface area contributed by atoms with Crippen LogP contribution in [0.2, 0.25) is 0 Å². The van der Waals surface area contributed by atoms with Gasteiger partial charge in [-0.1, -0.05) is 6.92 Å². The molecule has 2 aromatic heterocycles. The Morgan fingerprint density at radius 2 is 2.36 bits per heavy atom. The van der Waals surface area contributed by atoms with Crippen molar-refractivity contribution >= 4 is 53.1 Å². The van der Waals surface area contributed by atoms with E-state index in [9.17, 15) is 4.79 Å². The average Bonchev–Trinajstić information content (AvgIpc) is 2.97. The first-order chi connectivity index (χ1) is 10.7. The number of halogens is 1. The molecule has 2 atom stereocenters. The highest BCUT2D eigenvalue weighted by atomic mass is 127. The van der Waals surface area contributed by atoms with Gasteiger partial charge in [-0.25, -0.2) is 9.97 Å². The van der Waals surface area contributed by atoms with Gasteiger partial charge in [-0.2, -0.15) is 0 Å². The third kappa shape index (κ3) is 3.17. The molecule has 2 N–H and O–H groups in total. The number of piperidine rings is 1. The van der Waals surface area contributed by atoms with Gasteiger partial charge in [0.05, 0.1) is 11.3 Å². The van der Waals surface area contributed by atoms with Crippen LogP contribution in [0.4, 0.5) is 5.82 Å². The Bertz CT molecular complexity index is 676. The van der Waals surface area contributed by atoms with Crippen LogP contribution in [0.3, 0.4) is 0 Å². The second-order valence-electron chi connectivity index (χ2n) is 5.44. The van der Waals surface area contributed by atoms with E-state index in [0.717, 1.165) is 36.1 Å². The van der Waals surface area contributed by atoms with E-state index in [1.807, 2.05) is 16.2 Å². The van der Waals surface area contributed by atoms with E-state index in [0.29, 0.717) is 12.6 Å². The van der Waals surface area contributed by atoms with Crippen molar-refractivity contribution in [1.29, 1.82) is 0 Å². The molecule has 6 nitrogen and oxygen atoms in total. The van der Waals surface area contributed by atoms with Gasteiger partial charge in [-0.15, -0.1) is 0 Å². The monoisotopic (exact) mass is 431 g/mol. The maximum atomic E-state index is 12.1. The number of carbonyl (C=O) groups excluding carboxylic acids is 1. The second-order valence-corrected chi connectivity index (χ2v) is 7.15. The number of rotatable bonds is 5. The first-order valence-corrected chi connectivity index (χ1v) is 10.7. The van der Waals surface area contributed by atoms with Crippen LogP contribution in [0.15, 0.2) is 18.6 Å². The second kappa shape index (κ2) is 7.03. The van der Waals surface area contributed by atoms with Crippen LogP contribution in [-0.2, 0) is 4.79 Å². The van der Waals surface area contributed by atoms with Gasteiger partial charge in [0.15, 0.2) is 5.65 Å². The predicted octanol–water partition coefficient (Wildman–Crippen LogP) is 2.99. The van der Waals surface area contributed by atoms with Gasteiger partial charge in [0.25, 0.3) is 0 Å². The van der Waals surface area contributed by atoms with Gasteiger partial charge in [0.2, 0.25) is 5.91 Å². The minimum Gasteiger partial charge on any atom is -0.369 e. The number of hydrogen-bond acceptors (Lipinski definition) is 5. The van der Waals surface area contributed by atoms with E-state index < -0.39 is 0 Å². The number of hydrogen-bond donors (Lipinski definition) is 2.